The number of urea groups is 1. The van der Waals surface area contributed by atoms with Crippen LogP contribution < -0.4 is 5.32 Å². The van der Waals surface area contributed by atoms with Crippen LogP contribution in [0.15, 0.2) is 53.7 Å². The molecule has 0 aliphatic carbocycles. The largest absolute Gasteiger partial charge is 0.418 e. The lowest BCUT2D eigenvalue weighted by molar-refractivity contribution is -0.136. The number of hydrogen-bond donors (Lipinski definition) is 1. The average Bonchev–Trinajstić information content (AvgIpc) is 2.97. The van der Waals surface area contributed by atoms with Crippen LogP contribution in [0.1, 0.15) is 31.2 Å². The maximum absolute atomic E-state index is 13.2. The van der Waals surface area contributed by atoms with E-state index in [1.54, 1.807) is 12.1 Å². The summed E-state index contributed by atoms with van der Waals surface area (Å²) in [7, 11) is -3.64. The van der Waals surface area contributed by atoms with Gasteiger partial charge in [0.1, 0.15) is 0 Å². The van der Waals surface area contributed by atoms with Crippen molar-refractivity contribution in [2.45, 2.75) is 54.2 Å². The van der Waals surface area contributed by atoms with Gasteiger partial charge in [0, 0.05) is 18.3 Å². The number of pyridine rings is 1. The van der Waals surface area contributed by atoms with Gasteiger partial charge >= 0.3 is 12.2 Å². The van der Waals surface area contributed by atoms with Gasteiger partial charge in [0.25, 0.3) is 0 Å². The van der Waals surface area contributed by atoms with Crippen molar-refractivity contribution in [3.8, 4) is 0 Å². The van der Waals surface area contributed by atoms with Crippen molar-refractivity contribution in [2.24, 2.45) is 0 Å². The summed E-state index contributed by atoms with van der Waals surface area (Å²) in [5.74, 6) is 0. The van der Waals surface area contributed by atoms with E-state index in [4.69, 9.17) is 0 Å². The van der Waals surface area contributed by atoms with Crippen LogP contribution in [0.5, 0.6) is 0 Å². The topological polar surface area (TPSA) is 79.4 Å². The fourth-order valence-electron chi connectivity index (χ4n) is 4.42. The minimum absolute atomic E-state index is 0.00593. The molecule has 3 heterocycles. The summed E-state index contributed by atoms with van der Waals surface area (Å²) >= 11 is 0. The summed E-state index contributed by atoms with van der Waals surface area (Å²) < 4.78 is 65.5. The first-order chi connectivity index (χ1) is 14.2. The minimum Gasteiger partial charge on any atom is -0.318 e. The van der Waals surface area contributed by atoms with Crippen LogP contribution in [0.25, 0.3) is 0 Å². The van der Waals surface area contributed by atoms with E-state index in [2.05, 4.69) is 10.3 Å². The van der Waals surface area contributed by atoms with E-state index in [0.29, 0.717) is 12.8 Å². The van der Waals surface area contributed by atoms with Crippen LogP contribution in [0.2, 0.25) is 0 Å². The molecule has 2 atom stereocenters. The fraction of sp³-hybridized carbons (Fsp3) is 0.400. The van der Waals surface area contributed by atoms with E-state index in [-0.39, 0.29) is 35.6 Å². The number of aromatic nitrogens is 1. The molecule has 1 N–H and O–H groups in total. The lowest BCUT2D eigenvalue weighted by Gasteiger charge is -2.38. The Morgan fingerprint density at radius 1 is 1.03 bits per heavy atom. The molecule has 2 amide bonds. The molecule has 4 rings (SSSR count). The third-order valence-corrected chi connectivity index (χ3v) is 7.85. The van der Waals surface area contributed by atoms with E-state index in [1.165, 1.54) is 35.4 Å². The van der Waals surface area contributed by atoms with Crippen molar-refractivity contribution in [1.29, 1.82) is 0 Å². The van der Waals surface area contributed by atoms with Gasteiger partial charge in [-0.25, -0.2) is 18.2 Å². The number of alkyl halides is 3. The summed E-state index contributed by atoms with van der Waals surface area (Å²) in [6.45, 7) is 0. The second-order valence-electron chi connectivity index (χ2n) is 7.57. The molecule has 2 aromatic rings. The van der Waals surface area contributed by atoms with Crippen LogP contribution in [0, 0.1) is 0 Å². The van der Waals surface area contributed by atoms with Crippen molar-refractivity contribution in [1.82, 2.24) is 9.88 Å². The predicted octanol–water partition coefficient (Wildman–Crippen LogP) is 4.10. The number of piperidine rings is 1. The number of para-hydroxylation sites is 1. The standard InChI is InChI=1S/C20H20F3N3O3S/c21-20(22,23)16-5-1-2-6-17(16)25-19(27)26-13-8-9-14(26)12-15(11-13)30(28,29)18-7-3-4-10-24-18/h1-7,10,13-15H,8-9,11-12H2,(H,25,27). The number of benzene rings is 1. The van der Waals surface area contributed by atoms with E-state index in [9.17, 15) is 26.4 Å². The zero-order chi connectivity index (χ0) is 21.5. The molecule has 0 radical (unpaired) electrons. The Morgan fingerprint density at radius 2 is 1.67 bits per heavy atom. The Bertz CT molecular complexity index is 1030. The highest BCUT2D eigenvalue weighted by atomic mass is 32.2. The number of carbonyl (C=O) groups is 1. The maximum atomic E-state index is 13.2. The molecule has 10 heteroatoms. The average molecular weight is 439 g/mol. The maximum Gasteiger partial charge on any atom is 0.418 e. The quantitative estimate of drug-likeness (QED) is 0.781. The van der Waals surface area contributed by atoms with E-state index >= 15 is 0 Å². The number of halogens is 3. The summed E-state index contributed by atoms with van der Waals surface area (Å²) in [5.41, 5.74) is -1.23. The summed E-state index contributed by atoms with van der Waals surface area (Å²) in [4.78, 5) is 18.3. The number of nitrogens with zero attached hydrogens (tertiary/aromatic N) is 2. The third-order valence-electron chi connectivity index (χ3n) is 5.77. The van der Waals surface area contributed by atoms with Crippen LogP contribution in [-0.4, -0.2) is 41.7 Å². The van der Waals surface area contributed by atoms with Gasteiger partial charge in [0.05, 0.1) is 16.5 Å². The Kier molecular flexibility index (Phi) is 5.21. The summed E-state index contributed by atoms with van der Waals surface area (Å²) in [6.07, 6.45) is -1.46. The normalized spacial score (nSPS) is 24.0. The molecule has 1 aromatic carbocycles. The summed E-state index contributed by atoms with van der Waals surface area (Å²) in [5, 5.41) is 1.71. The van der Waals surface area contributed by atoms with Crippen LogP contribution >= 0.6 is 0 Å². The first-order valence-electron chi connectivity index (χ1n) is 9.58. The number of carbonyl (C=O) groups excluding carboxylic acids is 1. The molecule has 2 saturated heterocycles. The molecule has 0 spiro atoms. The Balaban J connectivity index is 1.52. The minimum atomic E-state index is -4.59. The molecular formula is C20H20F3N3O3S. The van der Waals surface area contributed by atoms with Crippen LogP contribution in [-0.2, 0) is 16.0 Å². The first kappa shape index (κ1) is 20.6. The Morgan fingerprint density at radius 3 is 2.27 bits per heavy atom. The SMILES string of the molecule is O=C(Nc1ccccc1C(F)(F)F)N1C2CCC1CC(S(=O)(=O)c1ccccn1)C2. The number of sulfone groups is 1. The van der Waals surface area contributed by atoms with Crippen molar-refractivity contribution in [3.05, 3.63) is 54.2 Å². The van der Waals surface area contributed by atoms with Crippen molar-refractivity contribution in [2.75, 3.05) is 5.32 Å². The van der Waals surface area contributed by atoms with E-state index in [1.807, 2.05) is 0 Å². The highest BCUT2D eigenvalue weighted by Gasteiger charge is 2.47. The van der Waals surface area contributed by atoms with Gasteiger partial charge in [-0.1, -0.05) is 18.2 Å². The number of anilines is 1. The summed E-state index contributed by atoms with van der Waals surface area (Å²) in [6, 6.07) is 8.18. The Labute approximate surface area is 172 Å². The highest BCUT2D eigenvalue weighted by molar-refractivity contribution is 7.92. The van der Waals surface area contributed by atoms with Gasteiger partial charge in [-0.05, 0) is 49.9 Å². The molecule has 6 nitrogen and oxygen atoms in total. The molecule has 0 saturated carbocycles. The predicted molar refractivity (Wildman–Crippen MR) is 104 cm³/mol. The van der Waals surface area contributed by atoms with Crippen molar-refractivity contribution in [3.63, 3.8) is 0 Å². The second-order valence-corrected chi connectivity index (χ2v) is 9.75. The molecule has 1 aromatic heterocycles. The van der Waals surface area contributed by atoms with E-state index < -0.39 is 32.9 Å². The lowest BCUT2D eigenvalue weighted by Crippen LogP contribution is -2.51. The Hall–Kier alpha value is -2.62. The number of nitrogens with one attached hydrogen (secondary N) is 1. The van der Waals surface area contributed by atoms with Gasteiger partial charge in [0.15, 0.2) is 14.9 Å². The smallest absolute Gasteiger partial charge is 0.318 e. The zero-order valence-corrected chi connectivity index (χ0v) is 16.7. The van der Waals surface area contributed by atoms with Gasteiger partial charge in [0.2, 0.25) is 0 Å². The van der Waals surface area contributed by atoms with E-state index in [0.717, 1.165) is 6.07 Å². The zero-order valence-electron chi connectivity index (χ0n) is 15.8. The molecular weight excluding hydrogens is 419 g/mol. The number of rotatable bonds is 3. The van der Waals surface area contributed by atoms with Crippen molar-refractivity contribution >= 4 is 21.6 Å². The molecule has 2 unspecified atom stereocenters. The fourth-order valence-corrected chi connectivity index (χ4v) is 6.19. The molecule has 2 bridgehead atoms. The third kappa shape index (κ3) is 3.76. The first-order valence-corrected chi connectivity index (χ1v) is 11.1. The number of fused-ring (bicyclic) bond motifs is 2. The molecule has 2 aliphatic heterocycles. The molecule has 160 valence electrons. The number of amides is 2. The molecule has 2 fully saturated rings. The van der Waals surface area contributed by atoms with Gasteiger partial charge < -0.3 is 10.2 Å². The monoisotopic (exact) mass is 439 g/mol. The highest BCUT2D eigenvalue weighted by Crippen LogP contribution is 2.40. The van der Waals surface area contributed by atoms with Crippen LogP contribution in [0.3, 0.4) is 0 Å². The molecule has 30 heavy (non-hydrogen) atoms. The van der Waals surface area contributed by atoms with Gasteiger partial charge in [-0.2, -0.15) is 13.2 Å². The second kappa shape index (κ2) is 7.57. The van der Waals surface area contributed by atoms with Crippen LogP contribution in [0.4, 0.5) is 23.7 Å². The lowest BCUT2D eigenvalue weighted by atomic mass is 10.0. The van der Waals surface area contributed by atoms with Gasteiger partial charge in [-0.15, -0.1) is 0 Å². The molecule has 2 aliphatic rings. The number of hydrogen-bond acceptors (Lipinski definition) is 4. The van der Waals surface area contributed by atoms with Gasteiger partial charge in [-0.3, -0.25) is 0 Å². The van der Waals surface area contributed by atoms with Crippen molar-refractivity contribution < 1.29 is 26.4 Å².